The van der Waals surface area contributed by atoms with Gasteiger partial charge in [-0.05, 0) is 54.3 Å². The number of rotatable bonds is 3. The quantitative estimate of drug-likeness (QED) is 0.880. The molecule has 0 aromatic heterocycles. The van der Waals surface area contributed by atoms with E-state index in [0.29, 0.717) is 6.42 Å². The molecule has 0 bridgehead atoms. The van der Waals surface area contributed by atoms with Gasteiger partial charge in [-0.1, -0.05) is 6.92 Å². The van der Waals surface area contributed by atoms with E-state index in [0.717, 1.165) is 38.1 Å². The van der Waals surface area contributed by atoms with Crippen molar-refractivity contribution in [3.05, 3.63) is 28.2 Å². The minimum absolute atomic E-state index is 0.00255. The average Bonchev–Trinajstić information content (AvgIpc) is 2.43. The van der Waals surface area contributed by atoms with Crippen molar-refractivity contribution >= 4 is 27.5 Å². The topological polar surface area (TPSA) is 41.1 Å². The zero-order valence-corrected chi connectivity index (χ0v) is 12.8. The van der Waals surface area contributed by atoms with E-state index in [1.54, 1.807) is 0 Å². The maximum Gasteiger partial charge on any atom is 0.230 e. The molecule has 0 saturated carbocycles. The van der Waals surface area contributed by atoms with Gasteiger partial charge in [-0.25, -0.2) is 8.78 Å². The van der Waals surface area contributed by atoms with Crippen molar-refractivity contribution in [3.63, 3.8) is 0 Å². The summed E-state index contributed by atoms with van der Waals surface area (Å²) in [6.07, 6.45) is 2.13. The van der Waals surface area contributed by atoms with E-state index < -0.39 is 17.0 Å². The molecule has 0 aliphatic carbocycles. The Bertz CT molecular complexity index is 493. The number of carbonyl (C=O) groups is 1. The fourth-order valence-electron chi connectivity index (χ4n) is 2.55. The summed E-state index contributed by atoms with van der Waals surface area (Å²) in [6.45, 7) is 3.50. The van der Waals surface area contributed by atoms with Crippen molar-refractivity contribution in [3.8, 4) is 0 Å². The number of piperidine rings is 1. The summed E-state index contributed by atoms with van der Waals surface area (Å²) < 4.78 is 27.0. The highest BCUT2D eigenvalue weighted by atomic mass is 79.9. The molecular weight excluding hydrogens is 330 g/mol. The summed E-state index contributed by atoms with van der Waals surface area (Å²) in [5.74, 6) is -1.66. The van der Waals surface area contributed by atoms with E-state index in [2.05, 4.69) is 26.6 Å². The zero-order valence-electron chi connectivity index (χ0n) is 11.2. The molecule has 110 valence electrons. The van der Waals surface area contributed by atoms with Crippen LogP contribution in [0.15, 0.2) is 16.6 Å². The summed E-state index contributed by atoms with van der Waals surface area (Å²) in [5, 5.41) is 5.82. The van der Waals surface area contributed by atoms with Gasteiger partial charge in [0.05, 0.1) is 11.1 Å². The second kappa shape index (κ2) is 6.18. The van der Waals surface area contributed by atoms with Gasteiger partial charge >= 0.3 is 0 Å². The van der Waals surface area contributed by atoms with Crippen LogP contribution in [-0.4, -0.2) is 19.0 Å². The molecule has 3 nitrogen and oxygen atoms in total. The maximum absolute atomic E-state index is 13.8. The summed E-state index contributed by atoms with van der Waals surface area (Å²) in [7, 11) is 0. The monoisotopic (exact) mass is 346 g/mol. The van der Waals surface area contributed by atoms with E-state index in [4.69, 9.17) is 0 Å². The largest absolute Gasteiger partial charge is 0.322 e. The molecule has 1 saturated heterocycles. The van der Waals surface area contributed by atoms with Gasteiger partial charge < -0.3 is 10.6 Å². The Morgan fingerprint density at radius 3 is 2.60 bits per heavy atom. The Kier molecular flexibility index (Phi) is 4.75. The molecule has 0 atom stereocenters. The minimum atomic E-state index is -0.773. The third-order valence-electron chi connectivity index (χ3n) is 3.96. The zero-order chi connectivity index (χ0) is 14.8. The van der Waals surface area contributed by atoms with Crippen molar-refractivity contribution in [2.24, 2.45) is 5.41 Å². The normalized spacial score (nSPS) is 17.8. The predicted molar refractivity (Wildman–Crippen MR) is 77.5 cm³/mol. The van der Waals surface area contributed by atoms with Crippen LogP contribution in [0.3, 0.4) is 0 Å². The number of nitrogens with one attached hydrogen (secondary N) is 2. The van der Waals surface area contributed by atoms with E-state index >= 15 is 0 Å². The smallest absolute Gasteiger partial charge is 0.230 e. The van der Waals surface area contributed by atoms with Gasteiger partial charge in [0, 0.05) is 10.5 Å². The number of amides is 1. The Hall–Kier alpha value is -1.01. The van der Waals surface area contributed by atoms with Crippen LogP contribution in [0.25, 0.3) is 0 Å². The number of hydrogen-bond acceptors (Lipinski definition) is 2. The first-order valence-corrected chi connectivity index (χ1v) is 7.44. The SMILES string of the molecule is CCC1(C(=O)Nc2c(F)cc(F)cc2Br)CCNCC1. The molecule has 0 spiro atoms. The Morgan fingerprint density at radius 1 is 1.40 bits per heavy atom. The predicted octanol–water partition coefficient (Wildman–Crippen LogP) is 3.45. The van der Waals surface area contributed by atoms with Gasteiger partial charge in [0.2, 0.25) is 5.91 Å². The van der Waals surface area contributed by atoms with Gasteiger partial charge in [-0.2, -0.15) is 0 Å². The first-order chi connectivity index (χ1) is 9.48. The van der Waals surface area contributed by atoms with Crippen LogP contribution in [0.1, 0.15) is 26.2 Å². The minimum Gasteiger partial charge on any atom is -0.322 e. The van der Waals surface area contributed by atoms with Gasteiger partial charge in [0.15, 0.2) is 5.82 Å². The standard InChI is InChI=1S/C14H17BrF2N2O/c1-2-14(3-5-18-6-4-14)13(20)19-12-10(15)7-9(16)8-11(12)17/h7-8,18H,2-6H2,1H3,(H,19,20). The molecule has 1 amide bonds. The highest BCUT2D eigenvalue weighted by Crippen LogP contribution is 2.35. The molecule has 1 aliphatic heterocycles. The molecule has 1 aliphatic rings. The van der Waals surface area contributed by atoms with Crippen molar-refractivity contribution in [1.82, 2.24) is 5.32 Å². The Balaban J connectivity index is 2.23. The second-order valence-electron chi connectivity index (χ2n) is 5.08. The molecule has 1 aromatic rings. The molecule has 6 heteroatoms. The average molecular weight is 347 g/mol. The molecular formula is C14H17BrF2N2O. The van der Waals surface area contributed by atoms with Crippen LogP contribution in [-0.2, 0) is 4.79 Å². The van der Waals surface area contributed by atoms with E-state index in [9.17, 15) is 13.6 Å². The fraction of sp³-hybridized carbons (Fsp3) is 0.500. The molecule has 0 radical (unpaired) electrons. The Labute approximate surface area is 125 Å². The molecule has 1 heterocycles. The Morgan fingerprint density at radius 2 is 2.05 bits per heavy atom. The summed E-state index contributed by atoms with van der Waals surface area (Å²) in [4.78, 5) is 12.5. The lowest BCUT2D eigenvalue weighted by molar-refractivity contribution is -0.127. The highest BCUT2D eigenvalue weighted by Gasteiger charge is 2.38. The maximum atomic E-state index is 13.8. The van der Waals surface area contributed by atoms with Crippen LogP contribution < -0.4 is 10.6 Å². The number of halogens is 3. The van der Waals surface area contributed by atoms with Crippen molar-refractivity contribution in [2.75, 3.05) is 18.4 Å². The lowest BCUT2D eigenvalue weighted by Gasteiger charge is -2.35. The van der Waals surface area contributed by atoms with Crippen LogP contribution >= 0.6 is 15.9 Å². The van der Waals surface area contributed by atoms with Gasteiger partial charge in [-0.15, -0.1) is 0 Å². The summed E-state index contributed by atoms with van der Waals surface area (Å²) in [6, 6.07) is 1.90. The highest BCUT2D eigenvalue weighted by molar-refractivity contribution is 9.10. The third-order valence-corrected chi connectivity index (χ3v) is 4.59. The number of carbonyl (C=O) groups excluding carboxylic acids is 1. The lowest BCUT2D eigenvalue weighted by atomic mass is 9.76. The molecule has 0 unspecified atom stereocenters. The first-order valence-electron chi connectivity index (χ1n) is 6.65. The summed E-state index contributed by atoms with van der Waals surface area (Å²) >= 11 is 3.08. The van der Waals surface area contributed by atoms with E-state index in [-0.39, 0.29) is 16.1 Å². The first kappa shape index (κ1) is 15.4. The van der Waals surface area contributed by atoms with Gasteiger partial charge in [-0.3, -0.25) is 4.79 Å². The van der Waals surface area contributed by atoms with Crippen molar-refractivity contribution in [1.29, 1.82) is 0 Å². The van der Waals surface area contributed by atoms with E-state index in [1.807, 2.05) is 6.92 Å². The van der Waals surface area contributed by atoms with Crippen molar-refractivity contribution < 1.29 is 13.6 Å². The van der Waals surface area contributed by atoms with Crippen LogP contribution in [0.4, 0.5) is 14.5 Å². The van der Waals surface area contributed by atoms with E-state index in [1.165, 1.54) is 0 Å². The molecule has 1 fully saturated rings. The van der Waals surface area contributed by atoms with Gasteiger partial charge in [0.1, 0.15) is 5.82 Å². The van der Waals surface area contributed by atoms with Gasteiger partial charge in [0.25, 0.3) is 0 Å². The molecule has 2 N–H and O–H groups in total. The van der Waals surface area contributed by atoms with Crippen LogP contribution in [0.2, 0.25) is 0 Å². The second-order valence-corrected chi connectivity index (χ2v) is 5.94. The summed E-state index contributed by atoms with van der Waals surface area (Å²) in [5.41, 5.74) is -0.478. The number of anilines is 1. The van der Waals surface area contributed by atoms with Crippen LogP contribution in [0, 0.1) is 17.0 Å². The fourth-order valence-corrected chi connectivity index (χ4v) is 3.06. The number of hydrogen-bond donors (Lipinski definition) is 2. The molecule has 1 aromatic carbocycles. The van der Waals surface area contributed by atoms with Crippen LogP contribution in [0.5, 0.6) is 0 Å². The molecule has 20 heavy (non-hydrogen) atoms. The third kappa shape index (κ3) is 3.01. The molecule has 2 rings (SSSR count). The number of benzene rings is 1. The lowest BCUT2D eigenvalue weighted by Crippen LogP contribution is -2.44. The van der Waals surface area contributed by atoms with Crippen molar-refractivity contribution in [2.45, 2.75) is 26.2 Å².